The molecule has 5 heteroatoms. The van der Waals surface area contributed by atoms with E-state index >= 15 is 0 Å². The molecule has 0 aliphatic heterocycles. The van der Waals surface area contributed by atoms with E-state index in [0.29, 0.717) is 5.69 Å². The van der Waals surface area contributed by atoms with Gasteiger partial charge in [-0.3, -0.25) is 0 Å². The van der Waals surface area contributed by atoms with Gasteiger partial charge in [-0.1, -0.05) is 12.1 Å². The normalized spacial score (nSPS) is 11.4. The van der Waals surface area contributed by atoms with Crippen molar-refractivity contribution in [1.29, 1.82) is 0 Å². The maximum Gasteiger partial charge on any atom is 0.335 e. The zero-order valence-corrected chi connectivity index (χ0v) is 9.87. The summed E-state index contributed by atoms with van der Waals surface area (Å²) in [7, 11) is 0. The van der Waals surface area contributed by atoms with E-state index in [1.54, 1.807) is 31.2 Å². The van der Waals surface area contributed by atoms with Crippen LogP contribution in [0.25, 0.3) is 0 Å². The van der Waals surface area contributed by atoms with Gasteiger partial charge >= 0.3 is 5.97 Å². The molecule has 0 spiro atoms. The average Bonchev–Trinajstić information content (AvgIpc) is 2.22. The van der Waals surface area contributed by atoms with E-state index < -0.39 is 12.1 Å². The van der Waals surface area contributed by atoms with Gasteiger partial charge in [-0.25, -0.2) is 4.79 Å². The summed E-state index contributed by atoms with van der Waals surface area (Å²) in [5.74, 6) is -0.589. The van der Waals surface area contributed by atoms with Gasteiger partial charge in [0, 0.05) is 12.1 Å². The van der Waals surface area contributed by atoms with Gasteiger partial charge in [0.25, 0.3) is 0 Å². The number of carbonyl (C=O) groups is 1. The van der Waals surface area contributed by atoms with Gasteiger partial charge in [0.15, 0.2) is 6.10 Å². The van der Waals surface area contributed by atoms with Crippen molar-refractivity contribution in [3.8, 4) is 0 Å². The third kappa shape index (κ3) is 4.51. The molecule has 0 aliphatic rings. The lowest BCUT2D eigenvalue weighted by Gasteiger charge is -2.09. The van der Waals surface area contributed by atoms with Crippen molar-refractivity contribution in [3.05, 3.63) is 29.8 Å². The summed E-state index contributed by atoms with van der Waals surface area (Å²) in [6, 6.07) is 7.01. The molecular weight excluding hydrogens is 230 g/mol. The van der Waals surface area contributed by atoms with Crippen molar-refractivity contribution in [1.82, 2.24) is 0 Å². The summed E-state index contributed by atoms with van der Waals surface area (Å²) in [6.45, 7) is 1.98. The van der Waals surface area contributed by atoms with Crippen molar-refractivity contribution in [3.63, 3.8) is 0 Å². The molecule has 0 aliphatic carbocycles. The second-order valence-corrected chi connectivity index (χ2v) is 3.21. The third-order valence-corrected chi connectivity index (χ3v) is 1.97. The zero-order valence-electron chi connectivity index (χ0n) is 9.05. The summed E-state index contributed by atoms with van der Waals surface area (Å²) in [6.07, 6.45) is -0.854. The Morgan fingerprint density at radius 1 is 1.44 bits per heavy atom. The molecule has 3 N–H and O–H groups in total. The van der Waals surface area contributed by atoms with Crippen LogP contribution in [0.4, 0.5) is 5.69 Å². The molecule has 1 rings (SSSR count). The quantitative estimate of drug-likeness (QED) is 0.617. The molecule has 0 fully saturated rings. The molecule has 0 saturated heterocycles. The lowest BCUT2D eigenvalue weighted by molar-refractivity contribution is -0.152. The summed E-state index contributed by atoms with van der Waals surface area (Å²) in [5, 5.41) is 9.47. The summed E-state index contributed by atoms with van der Waals surface area (Å²) in [4.78, 5) is 11.1. The van der Waals surface area contributed by atoms with Crippen LogP contribution in [0.2, 0.25) is 0 Å². The van der Waals surface area contributed by atoms with Crippen LogP contribution < -0.4 is 5.73 Å². The van der Waals surface area contributed by atoms with Crippen LogP contribution in [0.1, 0.15) is 12.5 Å². The predicted molar refractivity (Wildman–Crippen MR) is 64.4 cm³/mol. The van der Waals surface area contributed by atoms with Crippen LogP contribution in [-0.2, 0) is 16.0 Å². The molecule has 0 amide bonds. The number of anilines is 1. The first-order valence-electron chi connectivity index (χ1n) is 4.82. The van der Waals surface area contributed by atoms with E-state index in [-0.39, 0.29) is 25.4 Å². The minimum Gasteiger partial charge on any atom is -0.464 e. The van der Waals surface area contributed by atoms with Gasteiger partial charge in [0.05, 0.1) is 6.61 Å². The van der Waals surface area contributed by atoms with Crippen LogP contribution in [-0.4, -0.2) is 23.8 Å². The highest BCUT2D eigenvalue weighted by atomic mass is 35.5. The monoisotopic (exact) mass is 245 g/mol. The highest BCUT2D eigenvalue weighted by Crippen LogP contribution is 2.08. The SMILES string of the molecule is CCOC(=O)C(O)Cc1ccc(N)cc1.Cl. The number of hydrogen-bond acceptors (Lipinski definition) is 4. The van der Waals surface area contributed by atoms with Gasteiger partial charge in [-0.15, -0.1) is 12.4 Å². The Hall–Kier alpha value is -1.26. The Kier molecular flexibility index (Phi) is 6.53. The number of hydrogen-bond donors (Lipinski definition) is 2. The van der Waals surface area contributed by atoms with Gasteiger partial charge < -0.3 is 15.6 Å². The molecule has 1 aromatic carbocycles. The minimum absolute atomic E-state index is 0. The van der Waals surface area contributed by atoms with E-state index in [2.05, 4.69) is 4.74 Å². The Morgan fingerprint density at radius 2 is 2.00 bits per heavy atom. The molecule has 0 heterocycles. The maximum atomic E-state index is 11.1. The Labute approximate surface area is 101 Å². The third-order valence-electron chi connectivity index (χ3n) is 1.97. The average molecular weight is 246 g/mol. The Morgan fingerprint density at radius 3 is 2.50 bits per heavy atom. The van der Waals surface area contributed by atoms with E-state index in [1.165, 1.54) is 0 Å². The molecule has 4 nitrogen and oxygen atoms in total. The number of benzene rings is 1. The summed E-state index contributed by atoms with van der Waals surface area (Å²) >= 11 is 0. The highest BCUT2D eigenvalue weighted by Gasteiger charge is 2.16. The topological polar surface area (TPSA) is 72.5 Å². The van der Waals surface area contributed by atoms with Crippen LogP contribution >= 0.6 is 12.4 Å². The molecule has 1 atom stereocenters. The zero-order chi connectivity index (χ0) is 11.3. The number of ether oxygens (including phenoxy) is 1. The van der Waals surface area contributed by atoms with Crippen molar-refractivity contribution in [2.24, 2.45) is 0 Å². The summed E-state index contributed by atoms with van der Waals surface area (Å²) < 4.78 is 4.69. The molecule has 16 heavy (non-hydrogen) atoms. The molecule has 0 bridgehead atoms. The van der Waals surface area contributed by atoms with Gasteiger partial charge in [-0.05, 0) is 24.6 Å². The lowest BCUT2D eigenvalue weighted by atomic mass is 10.1. The smallest absolute Gasteiger partial charge is 0.335 e. The van der Waals surface area contributed by atoms with Crippen LogP contribution in [0.3, 0.4) is 0 Å². The predicted octanol–water partition coefficient (Wildman–Crippen LogP) is 1.16. The molecule has 0 radical (unpaired) electrons. The Balaban J connectivity index is 0.00000225. The first-order valence-corrected chi connectivity index (χ1v) is 4.82. The summed E-state index contributed by atoms with van der Waals surface area (Å²) in [5.41, 5.74) is 7.02. The number of nitrogen functional groups attached to an aromatic ring is 1. The van der Waals surface area contributed by atoms with Gasteiger partial charge in [0.1, 0.15) is 0 Å². The number of halogens is 1. The standard InChI is InChI=1S/C11H15NO3.ClH/c1-2-15-11(14)10(13)7-8-3-5-9(12)6-4-8;/h3-6,10,13H,2,7,12H2,1H3;1H. The van der Waals surface area contributed by atoms with Gasteiger partial charge in [-0.2, -0.15) is 0 Å². The van der Waals surface area contributed by atoms with Crippen molar-refractivity contribution in [2.75, 3.05) is 12.3 Å². The van der Waals surface area contributed by atoms with Crippen molar-refractivity contribution in [2.45, 2.75) is 19.4 Å². The first-order chi connectivity index (χ1) is 7.13. The van der Waals surface area contributed by atoms with Crippen molar-refractivity contribution < 1.29 is 14.6 Å². The molecule has 1 aromatic rings. The second-order valence-electron chi connectivity index (χ2n) is 3.21. The van der Waals surface area contributed by atoms with E-state index in [4.69, 9.17) is 5.73 Å². The highest BCUT2D eigenvalue weighted by molar-refractivity contribution is 5.85. The fourth-order valence-electron chi connectivity index (χ4n) is 1.20. The maximum absolute atomic E-state index is 11.1. The van der Waals surface area contributed by atoms with Crippen LogP contribution in [0.15, 0.2) is 24.3 Å². The fourth-order valence-corrected chi connectivity index (χ4v) is 1.20. The number of esters is 1. The largest absolute Gasteiger partial charge is 0.464 e. The van der Waals surface area contributed by atoms with E-state index in [1.807, 2.05) is 0 Å². The van der Waals surface area contributed by atoms with E-state index in [0.717, 1.165) is 5.56 Å². The van der Waals surface area contributed by atoms with Crippen molar-refractivity contribution >= 4 is 24.1 Å². The number of aliphatic hydroxyl groups is 1. The van der Waals surface area contributed by atoms with Crippen LogP contribution in [0, 0.1) is 0 Å². The number of nitrogens with two attached hydrogens (primary N) is 1. The molecule has 0 saturated carbocycles. The van der Waals surface area contributed by atoms with E-state index in [9.17, 15) is 9.90 Å². The van der Waals surface area contributed by atoms with Crippen LogP contribution in [0.5, 0.6) is 0 Å². The molecule has 0 aromatic heterocycles. The molecule has 1 unspecified atom stereocenters. The molecular formula is C11H16ClNO3. The number of carbonyl (C=O) groups excluding carboxylic acids is 1. The Bertz CT molecular complexity index is 327. The number of aliphatic hydroxyl groups excluding tert-OH is 1. The molecule has 90 valence electrons. The minimum atomic E-state index is -1.10. The second kappa shape index (κ2) is 7.09. The lowest BCUT2D eigenvalue weighted by Crippen LogP contribution is -2.25. The fraction of sp³-hybridized carbons (Fsp3) is 0.364. The number of rotatable bonds is 4. The first kappa shape index (κ1) is 14.7. The van der Waals surface area contributed by atoms with Gasteiger partial charge in [0.2, 0.25) is 0 Å².